The van der Waals surface area contributed by atoms with Crippen LogP contribution in [-0.4, -0.2) is 20.9 Å². The Labute approximate surface area is 123 Å². The summed E-state index contributed by atoms with van der Waals surface area (Å²) in [7, 11) is -4.06. The molecule has 5 nitrogen and oxygen atoms in total. The van der Waals surface area contributed by atoms with Crippen LogP contribution in [0, 0.1) is 18.7 Å². The van der Waals surface area contributed by atoms with Gasteiger partial charge in [0.2, 0.25) is 10.0 Å². The van der Waals surface area contributed by atoms with Crippen molar-refractivity contribution in [3.8, 4) is 0 Å². The summed E-state index contributed by atoms with van der Waals surface area (Å²) in [6.45, 7) is 1.81. The van der Waals surface area contributed by atoms with Crippen molar-refractivity contribution < 1.29 is 17.6 Å². The van der Waals surface area contributed by atoms with Gasteiger partial charge in [-0.15, -0.1) is 0 Å². The third-order valence-electron chi connectivity index (χ3n) is 3.64. The zero-order valence-corrected chi connectivity index (χ0v) is 12.7. The lowest BCUT2D eigenvalue weighted by molar-refractivity contribution is 0.0952. The van der Waals surface area contributed by atoms with E-state index in [1.54, 1.807) is 0 Å². The molecular formula is C14H19FN2O3S. The molecule has 1 aromatic rings. The molecule has 116 valence electrons. The number of hydrogen-bond acceptors (Lipinski definition) is 3. The maximum Gasteiger partial charge on any atom is 0.251 e. The van der Waals surface area contributed by atoms with E-state index in [-0.39, 0.29) is 16.0 Å². The van der Waals surface area contributed by atoms with E-state index in [2.05, 4.69) is 5.32 Å². The number of hydrogen-bond donors (Lipinski definition) is 2. The van der Waals surface area contributed by atoms with Crippen LogP contribution < -0.4 is 10.5 Å². The van der Waals surface area contributed by atoms with Gasteiger partial charge in [-0.25, -0.2) is 17.9 Å². The third kappa shape index (κ3) is 4.25. The number of carbonyl (C=O) groups excluding carboxylic acids is 1. The van der Waals surface area contributed by atoms with Crippen LogP contribution in [-0.2, 0) is 10.0 Å². The van der Waals surface area contributed by atoms with Crippen LogP contribution in [0.1, 0.15) is 41.6 Å². The Morgan fingerprint density at radius 2 is 2.10 bits per heavy atom. The Morgan fingerprint density at radius 1 is 1.43 bits per heavy atom. The van der Waals surface area contributed by atoms with E-state index in [1.807, 2.05) is 0 Å². The van der Waals surface area contributed by atoms with Crippen molar-refractivity contribution >= 4 is 15.9 Å². The minimum atomic E-state index is -4.06. The molecule has 0 radical (unpaired) electrons. The van der Waals surface area contributed by atoms with Gasteiger partial charge in [0.1, 0.15) is 5.82 Å². The number of rotatable bonds is 6. The van der Waals surface area contributed by atoms with E-state index >= 15 is 0 Å². The molecule has 0 aromatic heterocycles. The predicted molar refractivity (Wildman–Crippen MR) is 76.8 cm³/mol. The van der Waals surface area contributed by atoms with E-state index < -0.39 is 21.7 Å². The van der Waals surface area contributed by atoms with Gasteiger partial charge in [-0.2, -0.15) is 0 Å². The van der Waals surface area contributed by atoms with Gasteiger partial charge >= 0.3 is 0 Å². The average molecular weight is 314 g/mol. The van der Waals surface area contributed by atoms with Crippen molar-refractivity contribution in [2.75, 3.05) is 6.54 Å². The number of nitrogens with one attached hydrogen (secondary N) is 1. The van der Waals surface area contributed by atoms with Crippen molar-refractivity contribution in [3.63, 3.8) is 0 Å². The number of primary sulfonamides is 1. The van der Waals surface area contributed by atoms with E-state index in [0.29, 0.717) is 6.54 Å². The maximum atomic E-state index is 13.7. The zero-order chi connectivity index (χ0) is 15.6. The van der Waals surface area contributed by atoms with Gasteiger partial charge in [0.15, 0.2) is 0 Å². The normalized spacial score (nSPS) is 15.0. The smallest absolute Gasteiger partial charge is 0.251 e. The summed E-state index contributed by atoms with van der Waals surface area (Å²) in [5.41, 5.74) is -0.115. The Morgan fingerprint density at radius 3 is 2.67 bits per heavy atom. The van der Waals surface area contributed by atoms with Crippen LogP contribution in [0.2, 0.25) is 0 Å². The van der Waals surface area contributed by atoms with Gasteiger partial charge in [-0.1, -0.05) is 12.8 Å². The topological polar surface area (TPSA) is 89.3 Å². The van der Waals surface area contributed by atoms with E-state index in [9.17, 15) is 17.6 Å². The summed E-state index contributed by atoms with van der Waals surface area (Å²) in [5.74, 6) is -0.466. The molecule has 1 saturated carbocycles. The van der Waals surface area contributed by atoms with Crippen LogP contribution in [0.15, 0.2) is 17.0 Å². The summed E-state index contributed by atoms with van der Waals surface area (Å²) in [4.78, 5) is 11.6. The Balaban J connectivity index is 2.07. The SMILES string of the molecule is Cc1c(F)cc(C(=O)NCCCC2CC2)cc1S(N)(=O)=O. The highest BCUT2D eigenvalue weighted by molar-refractivity contribution is 7.89. The lowest BCUT2D eigenvalue weighted by Crippen LogP contribution is -2.25. The van der Waals surface area contributed by atoms with Gasteiger partial charge in [0.25, 0.3) is 5.91 Å². The first-order chi connectivity index (χ1) is 9.79. The average Bonchev–Trinajstić information content (AvgIpc) is 3.20. The highest BCUT2D eigenvalue weighted by atomic mass is 32.2. The fourth-order valence-electron chi connectivity index (χ4n) is 2.18. The summed E-state index contributed by atoms with van der Waals surface area (Å²) in [6, 6.07) is 2.14. The van der Waals surface area contributed by atoms with Crippen LogP contribution in [0.25, 0.3) is 0 Å². The van der Waals surface area contributed by atoms with Crippen LogP contribution in [0.4, 0.5) is 4.39 Å². The molecule has 0 unspecified atom stereocenters. The minimum Gasteiger partial charge on any atom is -0.352 e. The monoisotopic (exact) mass is 314 g/mol. The van der Waals surface area contributed by atoms with E-state index in [0.717, 1.165) is 30.9 Å². The molecule has 0 spiro atoms. The Bertz CT molecular complexity index is 654. The van der Waals surface area contributed by atoms with Crippen molar-refractivity contribution in [1.82, 2.24) is 5.32 Å². The molecule has 2 rings (SSSR count). The van der Waals surface area contributed by atoms with Crippen LogP contribution >= 0.6 is 0 Å². The van der Waals surface area contributed by atoms with E-state index in [1.165, 1.54) is 19.8 Å². The summed E-state index contributed by atoms with van der Waals surface area (Å²) < 4.78 is 36.5. The number of benzene rings is 1. The first-order valence-corrected chi connectivity index (χ1v) is 8.45. The number of nitrogens with two attached hydrogens (primary N) is 1. The molecule has 0 bridgehead atoms. The summed E-state index contributed by atoms with van der Waals surface area (Å²) in [6.07, 6.45) is 4.46. The van der Waals surface area contributed by atoms with Crippen molar-refractivity contribution in [2.45, 2.75) is 37.5 Å². The largest absolute Gasteiger partial charge is 0.352 e. The minimum absolute atomic E-state index is 0.0338. The zero-order valence-electron chi connectivity index (χ0n) is 11.9. The molecule has 3 N–H and O–H groups in total. The molecule has 0 heterocycles. The van der Waals surface area contributed by atoms with Gasteiger partial charge in [-0.3, -0.25) is 4.79 Å². The van der Waals surface area contributed by atoms with Crippen molar-refractivity contribution in [1.29, 1.82) is 0 Å². The molecule has 1 aliphatic rings. The second-order valence-corrected chi connectivity index (χ2v) is 7.00. The van der Waals surface area contributed by atoms with Gasteiger partial charge < -0.3 is 5.32 Å². The van der Waals surface area contributed by atoms with Gasteiger partial charge in [0, 0.05) is 17.7 Å². The molecule has 0 atom stereocenters. The lowest BCUT2D eigenvalue weighted by atomic mass is 10.1. The quantitative estimate of drug-likeness (QED) is 0.783. The van der Waals surface area contributed by atoms with E-state index in [4.69, 9.17) is 5.14 Å². The number of sulfonamides is 1. The molecular weight excluding hydrogens is 295 g/mol. The molecule has 1 amide bonds. The first-order valence-electron chi connectivity index (χ1n) is 6.90. The maximum absolute atomic E-state index is 13.7. The third-order valence-corrected chi connectivity index (χ3v) is 4.67. The molecule has 1 aliphatic carbocycles. The molecule has 0 saturated heterocycles. The van der Waals surface area contributed by atoms with Gasteiger partial charge in [-0.05, 0) is 37.8 Å². The number of halogens is 1. The fraction of sp³-hybridized carbons (Fsp3) is 0.500. The molecule has 1 fully saturated rings. The van der Waals surface area contributed by atoms with Crippen molar-refractivity contribution in [3.05, 3.63) is 29.1 Å². The Kier molecular flexibility index (Phi) is 4.63. The van der Waals surface area contributed by atoms with Crippen LogP contribution in [0.3, 0.4) is 0 Å². The van der Waals surface area contributed by atoms with Crippen molar-refractivity contribution in [2.24, 2.45) is 11.1 Å². The summed E-state index contributed by atoms with van der Waals surface area (Å²) in [5, 5.41) is 7.70. The molecule has 21 heavy (non-hydrogen) atoms. The molecule has 7 heteroatoms. The Hall–Kier alpha value is -1.47. The molecule has 0 aliphatic heterocycles. The fourth-order valence-corrected chi connectivity index (χ4v) is 3.00. The number of amides is 1. The van der Waals surface area contributed by atoms with Crippen LogP contribution in [0.5, 0.6) is 0 Å². The first kappa shape index (κ1) is 15.9. The van der Waals surface area contributed by atoms with Gasteiger partial charge in [0.05, 0.1) is 4.90 Å². The second kappa shape index (κ2) is 6.11. The highest BCUT2D eigenvalue weighted by Gasteiger charge is 2.21. The predicted octanol–water partition coefficient (Wildman–Crippen LogP) is 1.70. The lowest BCUT2D eigenvalue weighted by Gasteiger charge is -2.09. The second-order valence-electron chi connectivity index (χ2n) is 5.47. The summed E-state index contributed by atoms with van der Waals surface area (Å²) >= 11 is 0. The standard InChI is InChI=1S/C14H19FN2O3S/c1-9-12(15)7-11(8-13(9)21(16,19)20)14(18)17-6-2-3-10-4-5-10/h7-8,10H,2-6H2,1H3,(H,17,18)(H2,16,19,20). The highest BCUT2D eigenvalue weighted by Crippen LogP contribution is 2.33. The molecule has 1 aromatic carbocycles. The number of carbonyl (C=O) groups is 1.